The molecule has 1 fully saturated rings. The quantitative estimate of drug-likeness (QED) is 0.727. The van der Waals surface area contributed by atoms with Gasteiger partial charge < -0.3 is 16.2 Å². The standard InChI is InChI=1S/C14H19N3O3/c15-11(18)10-6-5-9-16-12(10)17-14(13(19)20)7-3-1-2-4-8-14/h5-6,9H,1-4,7-8H2,(H2,15,18)(H,16,17)(H,19,20). The van der Waals surface area contributed by atoms with E-state index in [0.29, 0.717) is 12.8 Å². The minimum absolute atomic E-state index is 0.220. The Kier molecular flexibility index (Phi) is 4.22. The van der Waals surface area contributed by atoms with Gasteiger partial charge in [-0.3, -0.25) is 4.79 Å². The van der Waals surface area contributed by atoms with Gasteiger partial charge in [0.2, 0.25) is 0 Å². The number of aromatic nitrogens is 1. The summed E-state index contributed by atoms with van der Waals surface area (Å²) in [5, 5.41) is 12.6. The van der Waals surface area contributed by atoms with Crippen LogP contribution >= 0.6 is 0 Å². The molecule has 0 spiro atoms. The van der Waals surface area contributed by atoms with Crippen LogP contribution < -0.4 is 11.1 Å². The van der Waals surface area contributed by atoms with Crippen molar-refractivity contribution >= 4 is 17.7 Å². The number of rotatable bonds is 4. The first kappa shape index (κ1) is 14.3. The molecule has 0 aliphatic heterocycles. The molecule has 20 heavy (non-hydrogen) atoms. The number of hydrogen-bond acceptors (Lipinski definition) is 4. The summed E-state index contributed by atoms with van der Waals surface area (Å²) in [5.74, 6) is -1.26. The van der Waals surface area contributed by atoms with Gasteiger partial charge in [-0.2, -0.15) is 0 Å². The predicted octanol–water partition coefficient (Wildman–Crippen LogP) is 1.77. The smallest absolute Gasteiger partial charge is 0.329 e. The van der Waals surface area contributed by atoms with Crippen LogP contribution in [0.1, 0.15) is 48.9 Å². The van der Waals surface area contributed by atoms with Gasteiger partial charge in [0.25, 0.3) is 5.91 Å². The zero-order chi connectivity index (χ0) is 14.6. The topological polar surface area (TPSA) is 105 Å². The van der Waals surface area contributed by atoms with Crippen LogP contribution in [-0.2, 0) is 4.79 Å². The molecular weight excluding hydrogens is 258 g/mol. The summed E-state index contributed by atoms with van der Waals surface area (Å²) < 4.78 is 0. The van der Waals surface area contributed by atoms with Crippen molar-refractivity contribution in [1.29, 1.82) is 0 Å². The lowest BCUT2D eigenvalue weighted by Crippen LogP contribution is -2.46. The maximum atomic E-state index is 11.7. The Bertz CT molecular complexity index is 508. The number of primary amides is 1. The van der Waals surface area contributed by atoms with E-state index in [0.717, 1.165) is 25.7 Å². The number of carboxylic acids is 1. The van der Waals surface area contributed by atoms with Crippen molar-refractivity contribution in [3.05, 3.63) is 23.9 Å². The second-order valence-electron chi connectivity index (χ2n) is 5.19. The van der Waals surface area contributed by atoms with Crippen LogP contribution in [0.2, 0.25) is 0 Å². The third-order valence-corrected chi connectivity index (χ3v) is 3.80. The average molecular weight is 277 g/mol. The summed E-state index contributed by atoms with van der Waals surface area (Å²) in [7, 11) is 0. The van der Waals surface area contributed by atoms with Gasteiger partial charge in [-0.05, 0) is 25.0 Å². The summed E-state index contributed by atoms with van der Waals surface area (Å²) in [6.07, 6.45) is 6.31. The molecule has 1 aliphatic carbocycles. The van der Waals surface area contributed by atoms with Gasteiger partial charge in [-0.1, -0.05) is 25.7 Å². The lowest BCUT2D eigenvalue weighted by atomic mass is 9.90. The van der Waals surface area contributed by atoms with E-state index < -0.39 is 17.4 Å². The maximum Gasteiger partial charge on any atom is 0.329 e. The summed E-state index contributed by atoms with van der Waals surface area (Å²) in [5.41, 5.74) is 4.46. The SMILES string of the molecule is NC(=O)c1cccnc1NC1(C(=O)O)CCCCCC1. The Morgan fingerprint density at radius 1 is 1.25 bits per heavy atom. The number of nitrogens with one attached hydrogen (secondary N) is 1. The second kappa shape index (κ2) is 5.90. The minimum atomic E-state index is -1.06. The molecule has 6 nitrogen and oxygen atoms in total. The van der Waals surface area contributed by atoms with E-state index in [9.17, 15) is 14.7 Å². The Morgan fingerprint density at radius 3 is 2.45 bits per heavy atom. The first-order valence-corrected chi connectivity index (χ1v) is 6.81. The summed E-state index contributed by atoms with van der Waals surface area (Å²) in [6.45, 7) is 0. The van der Waals surface area contributed by atoms with Crippen LogP contribution in [0.4, 0.5) is 5.82 Å². The molecule has 1 heterocycles. The number of aliphatic carboxylic acids is 1. The van der Waals surface area contributed by atoms with Gasteiger partial charge in [0, 0.05) is 6.20 Å². The van der Waals surface area contributed by atoms with E-state index >= 15 is 0 Å². The van der Waals surface area contributed by atoms with Crippen LogP contribution in [0, 0.1) is 0 Å². The Hall–Kier alpha value is -2.11. The van der Waals surface area contributed by atoms with E-state index in [1.165, 1.54) is 6.20 Å². The highest BCUT2D eigenvalue weighted by Gasteiger charge is 2.39. The number of carbonyl (C=O) groups excluding carboxylic acids is 1. The molecule has 4 N–H and O–H groups in total. The molecule has 0 atom stereocenters. The van der Waals surface area contributed by atoms with Gasteiger partial charge >= 0.3 is 5.97 Å². The molecule has 108 valence electrons. The fourth-order valence-electron chi connectivity index (χ4n) is 2.65. The van der Waals surface area contributed by atoms with Gasteiger partial charge in [0.15, 0.2) is 0 Å². The molecule has 1 aromatic rings. The Morgan fingerprint density at radius 2 is 1.90 bits per heavy atom. The van der Waals surface area contributed by atoms with Gasteiger partial charge in [0.1, 0.15) is 11.4 Å². The highest BCUT2D eigenvalue weighted by Crippen LogP contribution is 2.31. The summed E-state index contributed by atoms with van der Waals surface area (Å²) in [6, 6.07) is 3.15. The fourth-order valence-corrected chi connectivity index (χ4v) is 2.65. The number of hydrogen-bond donors (Lipinski definition) is 3. The maximum absolute atomic E-state index is 11.7. The normalized spacial score (nSPS) is 18.0. The predicted molar refractivity (Wildman–Crippen MR) is 74.4 cm³/mol. The molecule has 0 unspecified atom stereocenters. The van der Waals surface area contributed by atoms with E-state index in [1.54, 1.807) is 12.1 Å². The number of nitrogens with two attached hydrogens (primary N) is 1. The van der Waals surface area contributed by atoms with Crippen molar-refractivity contribution in [3.63, 3.8) is 0 Å². The second-order valence-corrected chi connectivity index (χ2v) is 5.19. The molecule has 1 saturated carbocycles. The van der Waals surface area contributed by atoms with E-state index in [2.05, 4.69) is 10.3 Å². The molecule has 6 heteroatoms. The fraction of sp³-hybridized carbons (Fsp3) is 0.500. The number of carbonyl (C=O) groups is 2. The summed E-state index contributed by atoms with van der Waals surface area (Å²) in [4.78, 5) is 27.2. The molecule has 1 aromatic heterocycles. The average Bonchev–Trinajstić information content (AvgIpc) is 2.66. The van der Waals surface area contributed by atoms with Crippen molar-refractivity contribution in [2.45, 2.75) is 44.1 Å². The van der Waals surface area contributed by atoms with Crippen LogP contribution in [0.15, 0.2) is 18.3 Å². The zero-order valence-electron chi connectivity index (χ0n) is 11.3. The molecule has 0 radical (unpaired) electrons. The highest BCUT2D eigenvalue weighted by atomic mass is 16.4. The van der Waals surface area contributed by atoms with Crippen molar-refractivity contribution in [2.24, 2.45) is 5.73 Å². The number of anilines is 1. The molecular formula is C14H19N3O3. The van der Waals surface area contributed by atoms with Gasteiger partial charge in [0.05, 0.1) is 5.56 Å². The van der Waals surface area contributed by atoms with Crippen LogP contribution in [0.3, 0.4) is 0 Å². The van der Waals surface area contributed by atoms with Crippen molar-refractivity contribution < 1.29 is 14.7 Å². The van der Waals surface area contributed by atoms with Crippen molar-refractivity contribution in [2.75, 3.05) is 5.32 Å². The van der Waals surface area contributed by atoms with Crippen molar-refractivity contribution in [3.8, 4) is 0 Å². The molecule has 1 amide bonds. The van der Waals surface area contributed by atoms with E-state index in [1.807, 2.05) is 0 Å². The monoisotopic (exact) mass is 277 g/mol. The first-order valence-electron chi connectivity index (χ1n) is 6.81. The van der Waals surface area contributed by atoms with Gasteiger partial charge in [-0.25, -0.2) is 9.78 Å². The van der Waals surface area contributed by atoms with E-state index in [4.69, 9.17) is 5.73 Å². The summed E-state index contributed by atoms with van der Waals surface area (Å²) >= 11 is 0. The third-order valence-electron chi connectivity index (χ3n) is 3.80. The molecule has 0 saturated heterocycles. The minimum Gasteiger partial charge on any atom is -0.480 e. The third kappa shape index (κ3) is 2.89. The molecule has 0 bridgehead atoms. The molecule has 2 rings (SSSR count). The van der Waals surface area contributed by atoms with Crippen LogP contribution in [0.25, 0.3) is 0 Å². The van der Waals surface area contributed by atoms with Crippen LogP contribution in [0.5, 0.6) is 0 Å². The zero-order valence-corrected chi connectivity index (χ0v) is 11.3. The number of pyridine rings is 1. The first-order chi connectivity index (χ1) is 9.55. The molecule has 1 aliphatic rings. The van der Waals surface area contributed by atoms with E-state index in [-0.39, 0.29) is 11.4 Å². The Labute approximate surface area is 117 Å². The molecule has 0 aromatic carbocycles. The number of carboxylic acid groups (broad SMARTS) is 1. The lowest BCUT2D eigenvalue weighted by molar-refractivity contribution is -0.142. The van der Waals surface area contributed by atoms with Crippen molar-refractivity contribution in [1.82, 2.24) is 4.98 Å². The van der Waals surface area contributed by atoms with Crippen LogP contribution in [-0.4, -0.2) is 27.5 Å². The highest BCUT2D eigenvalue weighted by molar-refractivity contribution is 5.98. The largest absolute Gasteiger partial charge is 0.480 e. The number of nitrogens with zero attached hydrogens (tertiary/aromatic N) is 1. The lowest BCUT2D eigenvalue weighted by Gasteiger charge is -2.30. The van der Waals surface area contributed by atoms with Gasteiger partial charge in [-0.15, -0.1) is 0 Å². The Balaban J connectivity index is 2.33. The number of amides is 1.